The minimum Gasteiger partial charge on any atom is -0.404 e. The summed E-state index contributed by atoms with van der Waals surface area (Å²) < 4.78 is 7.51. The summed E-state index contributed by atoms with van der Waals surface area (Å²) in [6.45, 7) is 18.2. The van der Waals surface area contributed by atoms with Crippen molar-refractivity contribution < 1.29 is 9.53 Å². The molecule has 0 saturated heterocycles. The Morgan fingerprint density at radius 2 is 1.57 bits per heavy atom. The fourth-order valence-electron chi connectivity index (χ4n) is 6.28. The van der Waals surface area contributed by atoms with Gasteiger partial charge >= 0.3 is 0 Å². The van der Waals surface area contributed by atoms with Gasteiger partial charge in [-0.3, -0.25) is 0 Å². The van der Waals surface area contributed by atoms with Gasteiger partial charge in [-0.2, -0.15) is 0 Å². The molecule has 1 aliphatic rings. The first-order chi connectivity index (χ1) is 16.7. The minimum atomic E-state index is -2.66. The van der Waals surface area contributed by atoms with Crippen LogP contribution < -0.4 is 10.4 Å². The summed E-state index contributed by atoms with van der Waals surface area (Å²) in [5, 5.41) is 13.0. The summed E-state index contributed by atoms with van der Waals surface area (Å²) in [5.74, 6) is 1.65. The van der Waals surface area contributed by atoms with E-state index in [9.17, 15) is 5.11 Å². The lowest BCUT2D eigenvalue weighted by Crippen LogP contribution is -2.67. The van der Waals surface area contributed by atoms with Gasteiger partial charge in [0, 0.05) is 12.7 Å². The zero-order valence-electron chi connectivity index (χ0n) is 22.7. The number of hydrogen-bond donors (Lipinski definition) is 1. The van der Waals surface area contributed by atoms with E-state index in [-0.39, 0.29) is 23.7 Å². The van der Waals surface area contributed by atoms with Crippen LogP contribution in [0.2, 0.25) is 5.04 Å². The van der Waals surface area contributed by atoms with E-state index < -0.39 is 8.32 Å². The number of hydrogen-bond acceptors (Lipinski definition) is 2. The monoisotopic (exact) mass is 490 g/mol. The summed E-state index contributed by atoms with van der Waals surface area (Å²) in [6.07, 6.45) is 7.24. The van der Waals surface area contributed by atoms with Crippen LogP contribution in [0, 0.1) is 23.7 Å². The van der Waals surface area contributed by atoms with Gasteiger partial charge in [-0.15, -0.1) is 6.58 Å². The number of aliphatic hydroxyl groups is 1. The van der Waals surface area contributed by atoms with Crippen molar-refractivity contribution >= 4 is 18.7 Å². The van der Waals surface area contributed by atoms with E-state index in [1.165, 1.54) is 15.9 Å². The lowest BCUT2D eigenvalue weighted by molar-refractivity contribution is 0.0700. The summed E-state index contributed by atoms with van der Waals surface area (Å²) in [5.41, 5.74) is 1.40. The van der Waals surface area contributed by atoms with Crippen LogP contribution in [0.5, 0.6) is 0 Å². The third-order valence-corrected chi connectivity index (χ3v) is 13.2. The topological polar surface area (TPSA) is 29.5 Å². The van der Waals surface area contributed by atoms with Crippen LogP contribution in [0.15, 0.2) is 85.0 Å². The van der Waals surface area contributed by atoms with Crippen molar-refractivity contribution in [3.8, 4) is 0 Å². The Kier molecular flexibility index (Phi) is 9.37. The van der Waals surface area contributed by atoms with Crippen LogP contribution in [0.25, 0.3) is 0 Å². The molecule has 0 unspecified atom stereocenters. The molecule has 4 atom stereocenters. The average Bonchev–Trinajstić information content (AvgIpc) is 2.83. The molecule has 2 nitrogen and oxygen atoms in total. The molecule has 2 aromatic rings. The van der Waals surface area contributed by atoms with Crippen LogP contribution in [0.4, 0.5) is 0 Å². The molecule has 2 aromatic carbocycles. The van der Waals surface area contributed by atoms with Crippen LogP contribution in [-0.2, 0) is 4.43 Å². The number of aliphatic hydroxyl groups excluding tert-OH is 1. The molecule has 0 heterocycles. The maximum absolute atomic E-state index is 10.5. The quantitative estimate of drug-likeness (QED) is 0.295. The van der Waals surface area contributed by atoms with Crippen molar-refractivity contribution in [3.63, 3.8) is 0 Å². The Bertz CT molecular complexity index is 919. The number of rotatable bonds is 10. The molecular formula is C32H46O2Si. The van der Waals surface area contributed by atoms with Gasteiger partial charge in [0.15, 0.2) is 0 Å². The number of benzene rings is 2. The fraction of sp³-hybridized carbons (Fsp3) is 0.500. The van der Waals surface area contributed by atoms with Crippen molar-refractivity contribution in [1.29, 1.82) is 0 Å². The highest BCUT2D eigenvalue weighted by atomic mass is 28.4. The molecule has 1 N–H and O–H groups in total. The second-order valence-corrected chi connectivity index (χ2v) is 16.0. The molecule has 0 spiro atoms. The maximum atomic E-state index is 10.5. The van der Waals surface area contributed by atoms with Gasteiger partial charge in [0.2, 0.25) is 0 Å². The van der Waals surface area contributed by atoms with Gasteiger partial charge in [0.25, 0.3) is 8.32 Å². The fourth-order valence-corrected chi connectivity index (χ4v) is 11.0. The van der Waals surface area contributed by atoms with E-state index in [2.05, 4.69) is 115 Å². The van der Waals surface area contributed by atoms with Gasteiger partial charge in [0.05, 0.1) is 0 Å². The Balaban J connectivity index is 2.08. The van der Waals surface area contributed by atoms with Crippen molar-refractivity contribution in [2.45, 2.75) is 71.9 Å². The first-order valence-corrected chi connectivity index (χ1v) is 15.2. The molecule has 190 valence electrons. The van der Waals surface area contributed by atoms with E-state index in [4.69, 9.17) is 4.43 Å². The zero-order chi connectivity index (χ0) is 25.6. The third kappa shape index (κ3) is 5.90. The maximum Gasteiger partial charge on any atom is 0.261 e. The predicted molar refractivity (Wildman–Crippen MR) is 153 cm³/mol. The second kappa shape index (κ2) is 11.9. The SMILES string of the molecule is C=CC[C@H](C[C@H]1C(C)=CC[C@H](C(C)C)[C@H]1CO)O[Si](c1ccccc1)(c1ccccc1)C(C)(C)C. The normalized spacial score (nSPS) is 22.1. The van der Waals surface area contributed by atoms with Crippen LogP contribution in [0.1, 0.15) is 60.8 Å². The molecule has 0 aromatic heterocycles. The highest BCUT2D eigenvalue weighted by Gasteiger charge is 2.51. The van der Waals surface area contributed by atoms with Crippen LogP contribution in [0.3, 0.4) is 0 Å². The third-order valence-electron chi connectivity index (χ3n) is 8.14. The van der Waals surface area contributed by atoms with Crippen LogP contribution in [-0.4, -0.2) is 26.1 Å². The van der Waals surface area contributed by atoms with Crippen molar-refractivity contribution in [3.05, 3.63) is 85.0 Å². The molecule has 35 heavy (non-hydrogen) atoms. The zero-order valence-corrected chi connectivity index (χ0v) is 23.7. The van der Waals surface area contributed by atoms with Gasteiger partial charge in [-0.25, -0.2) is 0 Å². The molecule has 0 saturated carbocycles. The largest absolute Gasteiger partial charge is 0.404 e. The van der Waals surface area contributed by atoms with E-state index >= 15 is 0 Å². The Labute approximate surface area is 215 Å². The molecule has 1 aliphatic carbocycles. The van der Waals surface area contributed by atoms with Gasteiger partial charge in [0.1, 0.15) is 0 Å². The number of allylic oxidation sites excluding steroid dienone is 2. The Hall–Kier alpha value is -1.94. The average molecular weight is 491 g/mol. The van der Waals surface area contributed by atoms with Gasteiger partial charge in [-0.1, -0.05) is 113 Å². The Morgan fingerprint density at radius 1 is 1.03 bits per heavy atom. The predicted octanol–water partition coefficient (Wildman–Crippen LogP) is 6.74. The lowest BCUT2D eigenvalue weighted by Gasteiger charge is -2.46. The summed E-state index contributed by atoms with van der Waals surface area (Å²) in [6, 6.07) is 21.8. The first-order valence-electron chi connectivity index (χ1n) is 13.3. The minimum absolute atomic E-state index is 0.0344. The highest BCUT2D eigenvalue weighted by Crippen LogP contribution is 2.43. The smallest absolute Gasteiger partial charge is 0.261 e. The van der Waals surface area contributed by atoms with Crippen molar-refractivity contribution in [2.75, 3.05) is 6.61 Å². The summed E-state index contributed by atoms with van der Waals surface area (Å²) >= 11 is 0. The van der Waals surface area contributed by atoms with Gasteiger partial charge < -0.3 is 9.53 Å². The van der Waals surface area contributed by atoms with E-state index in [1.807, 2.05) is 6.08 Å². The molecule has 0 aliphatic heterocycles. The lowest BCUT2D eigenvalue weighted by atomic mass is 9.67. The molecule has 3 heteroatoms. The molecule has 0 bridgehead atoms. The standard InChI is InChI=1S/C32H46O2Si/c1-8-15-26(22-30-25(4)20-21-29(24(2)3)31(30)23-33)34-35(32(5,6)7,27-16-11-9-12-17-27)28-18-13-10-14-19-28/h8-14,16-20,24,26,29-31,33H,1,15,21-23H2,2-7H3/t26-,29-,30+,31-/m1/s1. The Morgan fingerprint density at radius 3 is 2.00 bits per heavy atom. The first kappa shape index (κ1) is 27.6. The molecule has 0 amide bonds. The second-order valence-electron chi connectivity index (χ2n) is 11.7. The van der Waals surface area contributed by atoms with E-state index in [1.54, 1.807) is 0 Å². The van der Waals surface area contributed by atoms with Crippen LogP contribution >= 0.6 is 0 Å². The highest BCUT2D eigenvalue weighted by molar-refractivity contribution is 6.99. The molecule has 0 fully saturated rings. The van der Waals surface area contributed by atoms with Crippen molar-refractivity contribution in [2.24, 2.45) is 23.7 Å². The van der Waals surface area contributed by atoms with Crippen molar-refractivity contribution in [1.82, 2.24) is 0 Å². The van der Waals surface area contributed by atoms with E-state index in [0.717, 1.165) is 19.3 Å². The van der Waals surface area contributed by atoms with Gasteiger partial charge in [-0.05, 0) is 65.3 Å². The molecule has 0 radical (unpaired) electrons. The summed E-state index contributed by atoms with van der Waals surface area (Å²) in [7, 11) is -2.66. The molecule has 3 rings (SSSR count). The summed E-state index contributed by atoms with van der Waals surface area (Å²) in [4.78, 5) is 0. The molecular weight excluding hydrogens is 444 g/mol. The van der Waals surface area contributed by atoms with E-state index in [0.29, 0.717) is 17.8 Å².